The zero-order chi connectivity index (χ0) is 11.7. The second kappa shape index (κ2) is 4.05. The van der Waals surface area contributed by atoms with Crippen LogP contribution in [0.5, 0.6) is 0 Å². The van der Waals surface area contributed by atoms with Gasteiger partial charge in [0, 0.05) is 13.1 Å². The molecule has 2 aromatic heterocycles. The monoisotopic (exact) mass is 222 g/mol. The third-order valence-corrected chi connectivity index (χ3v) is 2.39. The molecule has 2 heterocycles. The van der Waals surface area contributed by atoms with Gasteiger partial charge >= 0.3 is 0 Å². The normalized spacial score (nSPS) is 13.0. The fourth-order valence-corrected chi connectivity index (χ4v) is 1.53. The minimum atomic E-state index is -0.901. The highest BCUT2D eigenvalue weighted by Gasteiger charge is 2.21. The fraction of sp³-hybridized carbons (Fsp3) is 0.500. The van der Waals surface area contributed by atoms with Crippen LogP contribution in [0.4, 0.5) is 0 Å². The van der Waals surface area contributed by atoms with Gasteiger partial charge in [-0.15, -0.1) is 0 Å². The Labute approximate surface area is 92.9 Å². The van der Waals surface area contributed by atoms with Gasteiger partial charge in [0.05, 0.1) is 11.4 Å². The van der Waals surface area contributed by atoms with Gasteiger partial charge < -0.3 is 9.63 Å². The van der Waals surface area contributed by atoms with Crippen molar-refractivity contribution in [2.45, 2.75) is 26.4 Å². The lowest BCUT2D eigenvalue weighted by molar-refractivity contribution is 0.170. The molecule has 0 bridgehead atoms. The largest absolute Gasteiger partial charge is 0.378 e. The predicted molar refractivity (Wildman–Crippen MR) is 55.7 cm³/mol. The number of nitrogens with zero attached hydrogens (tertiary/aromatic N) is 4. The van der Waals surface area contributed by atoms with Crippen molar-refractivity contribution in [2.24, 2.45) is 7.05 Å². The minimum Gasteiger partial charge on any atom is -0.378 e. The molecule has 2 rings (SSSR count). The van der Waals surface area contributed by atoms with E-state index in [2.05, 4.69) is 15.4 Å². The number of hydrogen-bond donors (Lipinski definition) is 1. The van der Waals surface area contributed by atoms with Gasteiger partial charge in [-0.25, -0.2) is 0 Å². The van der Waals surface area contributed by atoms with Gasteiger partial charge in [0.25, 0.3) is 0 Å². The molecular formula is C10H14N4O2. The van der Waals surface area contributed by atoms with Gasteiger partial charge in [0.2, 0.25) is 0 Å². The SMILES string of the molecule is CCc1cc(C(O)c2nn(C)nc2C)on1. The molecule has 0 fully saturated rings. The highest BCUT2D eigenvalue weighted by atomic mass is 16.5. The topological polar surface area (TPSA) is 77.0 Å². The average molecular weight is 222 g/mol. The molecule has 86 valence electrons. The number of hydrogen-bond acceptors (Lipinski definition) is 5. The molecule has 1 atom stereocenters. The molecular weight excluding hydrogens is 208 g/mol. The van der Waals surface area contributed by atoms with Crippen LogP contribution in [0.25, 0.3) is 0 Å². The summed E-state index contributed by atoms with van der Waals surface area (Å²) in [5, 5.41) is 22.0. The van der Waals surface area contributed by atoms with E-state index in [4.69, 9.17) is 4.52 Å². The summed E-state index contributed by atoms with van der Waals surface area (Å²) in [4.78, 5) is 1.42. The van der Waals surface area contributed by atoms with E-state index < -0.39 is 6.10 Å². The fourth-order valence-electron chi connectivity index (χ4n) is 1.53. The first-order valence-electron chi connectivity index (χ1n) is 5.13. The summed E-state index contributed by atoms with van der Waals surface area (Å²) in [6, 6.07) is 1.73. The maximum absolute atomic E-state index is 10.0. The van der Waals surface area contributed by atoms with Crippen molar-refractivity contribution in [1.29, 1.82) is 0 Å². The van der Waals surface area contributed by atoms with Gasteiger partial charge in [0.15, 0.2) is 11.9 Å². The van der Waals surface area contributed by atoms with Gasteiger partial charge in [-0.2, -0.15) is 15.0 Å². The molecule has 1 unspecified atom stereocenters. The Balaban J connectivity index is 2.31. The van der Waals surface area contributed by atoms with E-state index in [1.807, 2.05) is 6.92 Å². The van der Waals surface area contributed by atoms with Crippen LogP contribution in [0, 0.1) is 6.92 Å². The zero-order valence-corrected chi connectivity index (χ0v) is 9.51. The van der Waals surface area contributed by atoms with Crippen LogP contribution >= 0.6 is 0 Å². The molecule has 0 spiro atoms. The van der Waals surface area contributed by atoms with Crippen molar-refractivity contribution >= 4 is 0 Å². The number of aryl methyl sites for hydroxylation is 3. The quantitative estimate of drug-likeness (QED) is 0.829. The summed E-state index contributed by atoms with van der Waals surface area (Å²) in [6.07, 6.45) is -0.128. The molecule has 0 amide bonds. The van der Waals surface area contributed by atoms with Gasteiger partial charge in [0.1, 0.15) is 5.69 Å². The van der Waals surface area contributed by atoms with Crippen LogP contribution < -0.4 is 0 Å². The highest BCUT2D eigenvalue weighted by Crippen LogP contribution is 2.22. The zero-order valence-electron chi connectivity index (χ0n) is 9.51. The Morgan fingerprint density at radius 3 is 2.75 bits per heavy atom. The van der Waals surface area contributed by atoms with Crippen LogP contribution in [0.2, 0.25) is 0 Å². The summed E-state index contributed by atoms with van der Waals surface area (Å²) in [7, 11) is 1.71. The Morgan fingerprint density at radius 1 is 1.50 bits per heavy atom. The smallest absolute Gasteiger partial charge is 0.171 e. The second-order valence-electron chi connectivity index (χ2n) is 3.64. The van der Waals surface area contributed by atoms with Gasteiger partial charge in [-0.05, 0) is 13.3 Å². The van der Waals surface area contributed by atoms with E-state index in [0.29, 0.717) is 17.1 Å². The molecule has 1 N–H and O–H groups in total. The molecule has 6 nitrogen and oxygen atoms in total. The van der Waals surface area contributed by atoms with Crippen molar-refractivity contribution in [1.82, 2.24) is 20.2 Å². The number of aliphatic hydroxyl groups is 1. The molecule has 0 saturated carbocycles. The predicted octanol–water partition coefficient (Wildman–Crippen LogP) is 0.756. The summed E-state index contributed by atoms with van der Waals surface area (Å²) in [5.41, 5.74) is 2.00. The van der Waals surface area contributed by atoms with Crippen molar-refractivity contribution in [3.05, 3.63) is 28.9 Å². The van der Waals surface area contributed by atoms with Crippen LogP contribution in [-0.4, -0.2) is 25.3 Å². The Hall–Kier alpha value is -1.69. The number of rotatable bonds is 3. The Bertz CT molecular complexity index is 489. The van der Waals surface area contributed by atoms with E-state index in [1.54, 1.807) is 20.0 Å². The third-order valence-electron chi connectivity index (χ3n) is 2.39. The van der Waals surface area contributed by atoms with Crippen LogP contribution in [-0.2, 0) is 13.5 Å². The summed E-state index contributed by atoms with van der Waals surface area (Å²) in [6.45, 7) is 3.77. The highest BCUT2D eigenvalue weighted by molar-refractivity contribution is 5.20. The Morgan fingerprint density at radius 2 is 2.25 bits per heavy atom. The summed E-state index contributed by atoms with van der Waals surface area (Å²) >= 11 is 0. The lowest BCUT2D eigenvalue weighted by Gasteiger charge is -2.02. The first-order chi connectivity index (χ1) is 7.61. The first kappa shape index (κ1) is 10.8. The molecule has 0 aromatic carbocycles. The van der Waals surface area contributed by atoms with E-state index in [-0.39, 0.29) is 0 Å². The molecule has 0 aliphatic heterocycles. The van der Waals surface area contributed by atoms with E-state index in [1.165, 1.54) is 4.80 Å². The lowest BCUT2D eigenvalue weighted by Crippen LogP contribution is -2.01. The standard InChI is InChI=1S/C10H14N4O2/c1-4-7-5-8(16-13-7)10(15)9-6(2)11-14(3)12-9/h5,10,15H,4H2,1-3H3. The van der Waals surface area contributed by atoms with Crippen molar-refractivity contribution in [2.75, 3.05) is 0 Å². The van der Waals surface area contributed by atoms with Crippen LogP contribution in [0.1, 0.15) is 35.9 Å². The second-order valence-corrected chi connectivity index (χ2v) is 3.64. The molecule has 0 aliphatic rings. The van der Waals surface area contributed by atoms with Crippen molar-refractivity contribution < 1.29 is 9.63 Å². The van der Waals surface area contributed by atoms with Crippen LogP contribution in [0.3, 0.4) is 0 Å². The van der Waals surface area contributed by atoms with Crippen molar-refractivity contribution in [3.63, 3.8) is 0 Å². The lowest BCUT2D eigenvalue weighted by atomic mass is 10.1. The molecule has 0 aliphatic carbocycles. The molecule has 0 saturated heterocycles. The van der Waals surface area contributed by atoms with Gasteiger partial charge in [-0.3, -0.25) is 0 Å². The molecule has 0 radical (unpaired) electrons. The third kappa shape index (κ3) is 1.83. The Kier molecular flexibility index (Phi) is 2.74. The summed E-state index contributed by atoms with van der Waals surface area (Å²) in [5.74, 6) is 0.403. The van der Waals surface area contributed by atoms with E-state index in [0.717, 1.165) is 12.1 Å². The molecule has 2 aromatic rings. The number of aromatic nitrogens is 4. The van der Waals surface area contributed by atoms with Crippen molar-refractivity contribution in [3.8, 4) is 0 Å². The maximum Gasteiger partial charge on any atom is 0.171 e. The maximum atomic E-state index is 10.0. The summed E-state index contributed by atoms with van der Waals surface area (Å²) < 4.78 is 5.06. The van der Waals surface area contributed by atoms with E-state index in [9.17, 15) is 5.11 Å². The van der Waals surface area contributed by atoms with Gasteiger partial charge in [-0.1, -0.05) is 12.1 Å². The van der Waals surface area contributed by atoms with Crippen LogP contribution in [0.15, 0.2) is 10.6 Å². The first-order valence-corrected chi connectivity index (χ1v) is 5.13. The number of aliphatic hydroxyl groups excluding tert-OH is 1. The average Bonchev–Trinajstić information content (AvgIpc) is 2.84. The molecule has 6 heteroatoms. The minimum absolute atomic E-state index is 0.403. The van der Waals surface area contributed by atoms with E-state index >= 15 is 0 Å². The molecule has 16 heavy (non-hydrogen) atoms.